The third-order valence-electron chi connectivity index (χ3n) is 6.61. The molecule has 2 heterocycles. The Hall–Kier alpha value is -4.35. The quantitative estimate of drug-likeness (QED) is 0.132. The molecule has 2 aromatic carbocycles. The summed E-state index contributed by atoms with van der Waals surface area (Å²) in [4.78, 5) is 31.3. The summed E-state index contributed by atoms with van der Waals surface area (Å²) in [6.07, 6.45) is 0.860. The molecule has 0 amide bonds. The Morgan fingerprint density at radius 2 is 1.85 bits per heavy atom. The van der Waals surface area contributed by atoms with Gasteiger partial charge in [-0.2, -0.15) is 4.98 Å². The van der Waals surface area contributed by atoms with Gasteiger partial charge in [-0.3, -0.25) is 15.0 Å². The van der Waals surface area contributed by atoms with Crippen LogP contribution >= 0.6 is 0 Å². The summed E-state index contributed by atoms with van der Waals surface area (Å²) in [5, 5.41) is 19.1. The minimum atomic E-state index is -0.740. The van der Waals surface area contributed by atoms with Gasteiger partial charge < -0.3 is 19.3 Å². The van der Waals surface area contributed by atoms with Crippen LogP contribution in [0.4, 0.5) is 5.69 Å². The SMILES string of the molecule is CCCOCCOC(=O)C1=C(C)NC(C)=C(c2nc(CN(C)Cc3ccccc3)no2)C1c1cccc([N+](=O)[O-])c1. The van der Waals surface area contributed by atoms with Crippen molar-refractivity contribution in [2.75, 3.05) is 26.9 Å². The molecule has 1 atom stereocenters. The molecule has 3 aromatic rings. The van der Waals surface area contributed by atoms with Crippen molar-refractivity contribution >= 4 is 17.2 Å². The number of aromatic nitrogens is 2. The van der Waals surface area contributed by atoms with Crippen molar-refractivity contribution in [3.05, 3.63) is 105 Å². The average Bonchev–Trinajstić information content (AvgIpc) is 3.40. The number of ether oxygens (including phenoxy) is 2. The van der Waals surface area contributed by atoms with Crippen LogP contribution in [0.2, 0.25) is 0 Å². The number of hydrogen-bond donors (Lipinski definition) is 1. The summed E-state index contributed by atoms with van der Waals surface area (Å²) < 4.78 is 16.7. The van der Waals surface area contributed by atoms with Crippen molar-refractivity contribution in [2.24, 2.45) is 0 Å². The number of carbonyl (C=O) groups is 1. The second-order valence-electron chi connectivity index (χ2n) is 9.91. The molecule has 0 radical (unpaired) electrons. The highest BCUT2D eigenvalue weighted by atomic mass is 16.6. The van der Waals surface area contributed by atoms with Gasteiger partial charge in [-0.25, -0.2) is 4.79 Å². The third-order valence-corrected chi connectivity index (χ3v) is 6.61. The molecular formula is C30H35N5O6. The molecule has 1 aliphatic heterocycles. The highest BCUT2D eigenvalue weighted by Crippen LogP contribution is 2.44. The molecule has 1 unspecified atom stereocenters. The summed E-state index contributed by atoms with van der Waals surface area (Å²) in [6.45, 7) is 7.66. The maximum absolute atomic E-state index is 13.4. The molecule has 0 spiro atoms. The van der Waals surface area contributed by atoms with Gasteiger partial charge in [-0.05, 0) is 38.4 Å². The first kappa shape index (κ1) is 29.6. The molecule has 1 aliphatic rings. The number of rotatable bonds is 13. The van der Waals surface area contributed by atoms with Crippen LogP contribution in [0.5, 0.6) is 0 Å². The van der Waals surface area contributed by atoms with Gasteiger partial charge in [0.1, 0.15) is 6.61 Å². The topological polar surface area (TPSA) is 133 Å². The van der Waals surface area contributed by atoms with Crippen LogP contribution in [0.1, 0.15) is 56.0 Å². The fourth-order valence-electron chi connectivity index (χ4n) is 4.84. The van der Waals surface area contributed by atoms with E-state index in [4.69, 9.17) is 14.0 Å². The van der Waals surface area contributed by atoms with Gasteiger partial charge in [0.15, 0.2) is 5.82 Å². The lowest BCUT2D eigenvalue weighted by Crippen LogP contribution is -2.29. The standard InChI is InChI=1S/C30H35N5O6/c1-5-14-39-15-16-40-30(36)27-21(3)31-20(2)26(28(27)23-12-9-13-24(17-23)35(37)38)29-32-25(33-41-29)19-34(4)18-22-10-7-6-8-11-22/h6-13,17,28,31H,5,14-16,18-19H2,1-4H3. The van der Waals surface area contributed by atoms with Gasteiger partial charge in [-0.1, -0.05) is 54.5 Å². The number of hydrogen-bond acceptors (Lipinski definition) is 10. The summed E-state index contributed by atoms with van der Waals surface area (Å²) in [7, 11) is 1.96. The zero-order chi connectivity index (χ0) is 29.4. The normalized spacial score (nSPS) is 15.3. The fourth-order valence-corrected chi connectivity index (χ4v) is 4.84. The van der Waals surface area contributed by atoms with E-state index in [1.54, 1.807) is 19.1 Å². The van der Waals surface area contributed by atoms with Crippen molar-refractivity contribution in [1.29, 1.82) is 0 Å². The molecule has 0 aliphatic carbocycles. The Morgan fingerprint density at radius 1 is 1.07 bits per heavy atom. The van der Waals surface area contributed by atoms with E-state index >= 15 is 0 Å². The number of nitrogens with one attached hydrogen (secondary N) is 1. The fraction of sp³-hybridized carbons (Fsp3) is 0.367. The molecule has 0 saturated heterocycles. The lowest BCUT2D eigenvalue weighted by atomic mass is 9.80. The number of dihydropyridines is 1. The maximum Gasteiger partial charge on any atom is 0.336 e. The first-order valence-corrected chi connectivity index (χ1v) is 13.5. The Morgan fingerprint density at radius 3 is 2.59 bits per heavy atom. The van der Waals surface area contributed by atoms with Crippen molar-refractivity contribution in [1.82, 2.24) is 20.4 Å². The van der Waals surface area contributed by atoms with Crippen LogP contribution in [-0.2, 0) is 27.4 Å². The molecule has 0 saturated carbocycles. The molecular weight excluding hydrogens is 526 g/mol. The number of nitrogens with zero attached hydrogens (tertiary/aromatic N) is 4. The molecule has 11 heteroatoms. The number of non-ortho nitro benzene ring substituents is 1. The van der Waals surface area contributed by atoms with E-state index in [1.165, 1.54) is 12.1 Å². The zero-order valence-corrected chi connectivity index (χ0v) is 23.8. The highest BCUT2D eigenvalue weighted by molar-refractivity contribution is 5.97. The van der Waals surface area contributed by atoms with Crippen molar-refractivity contribution in [3.63, 3.8) is 0 Å². The van der Waals surface area contributed by atoms with E-state index in [0.717, 1.165) is 12.0 Å². The first-order chi connectivity index (χ1) is 19.8. The van der Waals surface area contributed by atoms with Gasteiger partial charge in [-0.15, -0.1) is 0 Å². The summed E-state index contributed by atoms with van der Waals surface area (Å²) >= 11 is 0. The van der Waals surface area contributed by atoms with Gasteiger partial charge in [0.25, 0.3) is 11.6 Å². The number of benzene rings is 2. The van der Waals surface area contributed by atoms with Gasteiger partial charge in [0.05, 0.1) is 29.6 Å². The average molecular weight is 562 g/mol. The number of carbonyl (C=O) groups excluding carboxylic acids is 1. The minimum Gasteiger partial charge on any atom is -0.460 e. The molecule has 4 rings (SSSR count). The Balaban J connectivity index is 1.65. The number of esters is 1. The Kier molecular flexibility index (Phi) is 9.99. The first-order valence-electron chi connectivity index (χ1n) is 13.5. The Labute approximate surface area is 239 Å². The van der Waals surface area contributed by atoms with E-state index in [-0.39, 0.29) is 24.8 Å². The van der Waals surface area contributed by atoms with Crippen molar-refractivity contribution in [3.8, 4) is 0 Å². The number of allylic oxidation sites excluding steroid dienone is 3. The van der Waals surface area contributed by atoms with Crippen molar-refractivity contribution < 1.29 is 23.7 Å². The lowest BCUT2D eigenvalue weighted by molar-refractivity contribution is -0.384. The second kappa shape index (κ2) is 13.8. The molecule has 1 N–H and O–H groups in total. The summed E-state index contributed by atoms with van der Waals surface area (Å²) in [6, 6.07) is 16.3. The Bertz CT molecular complexity index is 1430. The minimum absolute atomic E-state index is 0.0771. The largest absolute Gasteiger partial charge is 0.460 e. The third kappa shape index (κ3) is 7.44. The summed E-state index contributed by atoms with van der Waals surface area (Å²) in [5.41, 5.74) is 3.72. The molecule has 1 aromatic heterocycles. The number of nitro groups is 1. The van der Waals surface area contributed by atoms with E-state index in [0.29, 0.717) is 53.6 Å². The monoisotopic (exact) mass is 561 g/mol. The van der Waals surface area contributed by atoms with E-state index in [1.807, 2.05) is 39.1 Å². The number of nitro benzene ring substituents is 1. The van der Waals surface area contributed by atoms with E-state index < -0.39 is 16.8 Å². The van der Waals surface area contributed by atoms with E-state index in [9.17, 15) is 14.9 Å². The highest BCUT2D eigenvalue weighted by Gasteiger charge is 2.38. The van der Waals surface area contributed by atoms with Gasteiger partial charge >= 0.3 is 5.97 Å². The van der Waals surface area contributed by atoms with E-state index in [2.05, 4.69) is 32.5 Å². The van der Waals surface area contributed by atoms with Crippen LogP contribution in [-0.4, -0.2) is 52.8 Å². The van der Waals surface area contributed by atoms with Crippen LogP contribution in [0.25, 0.3) is 5.57 Å². The van der Waals surface area contributed by atoms with Crippen LogP contribution in [0, 0.1) is 10.1 Å². The molecule has 11 nitrogen and oxygen atoms in total. The molecule has 41 heavy (non-hydrogen) atoms. The smallest absolute Gasteiger partial charge is 0.336 e. The predicted molar refractivity (Wildman–Crippen MR) is 152 cm³/mol. The molecule has 0 fully saturated rings. The summed E-state index contributed by atoms with van der Waals surface area (Å²) in [5.74, 6) is -0.604. The maximum atomic E-state index is 13.4. The van der Waals surface area contributed by atoms with Crippen LogP contribution in [0.15, 0.2) is 76.1 Å². The van der Waals surface area contributed by atoms with Gasteiger partial charge in [0, 0.05) is 42.3 Å². The van der Waals surface area contributed by atoms with Crippen LogP contribution < -0.4 is 5.32 Å². The van der Waals surface area contributed by atoms with Gasteiger partial charge in [0.2, 0.25) is 0 Å². The van der Waals surface area contributed by atoms with Crippen molar-refractivity contribution in [2.45, 2.75) is 46.2 Å². The predicted octanol–water partition coefficient (Wildman–Crippen LogP) is 4.97. The molecule has 216 valence electrons. The zero-order valence-electron chi connectivity index (χ0n) is 23.8. The second-order valence-corrected chi connectivity index (χ2v) is 9.91. The molecule has 0 bridgehead atoms. The van der Waals surface area contributed by atoms with Crippen LogP contribution in [0.3, 0.4) is 0 Å². The lowest BCUT2D eigenvalue weighted by Gasteiger charge is -2.30.